The van der Waals surface area contributed by atoms with Crippen LogP contribution in [0.2, 0.25) is 0 Å². The topological polar surface area (TPSA) is 76.5 Å². The molecule has 0 aliphatic carbocycles. The van der Waals surface area contributed by atoms with Gasteiger partial charge in [-0.15, -0.1) is 0 Å². The van der Waals surface area contributed by atoms with Crippen LogP contribution < -0.4 is 10.2 Å². The SMILES string of the molecule is COCCCNC(=O)c1nc(C(=O)N2CCCc3ccccc32)c2n1CCCC2. The monoisotopic (exact) mass is 396 g/mol. The van der Waals surface area contributed by atoms with E-state index in [0.29, 0.717) is 31.2 Å². The fraction of sp³-hybridized carbons (Fsp3) is 0.500. The van der Waals surface area contributed by atoms with Crippen LogP contribution in [0.5, 0.6) is 0 Å². The van der Waals surface area contributed by atoms with E-state index in [1.165, 1.54) is 5.56 Å². The second kappa shape index (κ2) is 8.78. The molecule has 154 valence electrons. The second-order valence-electron chi connectivity index (χ2n) is 7.63. The normalized spacial score (nSPS) is 15.6. The summed E-state index contributed by atoms with van der Waals surface area (Å²) in [6.07, 6.45) is 5.44. The summed E-state index contributed by atoms with van der Waals surface area (Å²) < 4.78 is 6.97. The molecule has 1 aromatic carbocycles. The largest absolute Gasteiger partial charge is 0.385 e. The van der Waals surface area contributed by atoms with Gasteiger partial charge in [-0.1, -0.05) is 18.2 Å². The number of nitrogens with zero attached hydrogens (tertiary/aromatic N) is 3. The Morgan fingerprint density at radius 1 is 1.14 bits per heavy atom. The van der Waals surface area contributed by atoms with E-state index in [4.69, 9.17) is 4.74 Å². The lowest BCUT2D eigenvalue weighted by Gasteiger charge is -2.29. The molecule has 0 atom stereocenters. The third-order valence-electron chi connectivity index (χ3n) is 5.69. The molecule has 7 heteroatoms. The van der Waals surface area contributed by atoms with Gasteiger partial charge in [-0.25, -0.2) is 4.98 Å². The van der Waals surface area contributed by atoms with Crippen molar-refractivity contribution in [2.45, 2.75) is 45.1 Å². The smallest absolute Gasteiger partial charge is 0.287 e. The summed E-state index contributed by atoms with van der Waals surface area (Å²) >= 11 is 0. The Bertz CT molecular complexity index is 905. The molecule has 0 unspecified atom stereocenters. The molecule has 2 aliphatic heterocycles. The van der Waals surface area contributed by atoms with Crippen molar-refractivity contribution in [1.29, 1.82) is 0 Å². The molecule has 7 nitrogen and oxygen atoms in total. The van der Waals surface area contributed by atoms with Crippen molar-refractivity contribution in [1.82, 2.24) is 14.9 Å². The highest BCUT2D eigenvalue weighted by atomic mass is 16.5. The molecule has 0 fully saturated rings. The molecular weight excluding hydrogens is 368 g/mol. The molecule has 3 heterocycles. The number of ether oxygens (including phenoxy) is 1. The summed E-state index contributed by atoms with van der Waals surface area (Å²) in [5.74, 6) is 0.0364. The van der Waals surface area contributed by atoms with Crippen molar-refractivity contribution in [2.75, 3.05) is 31.7 Å². The van der Waals surface area contributed by atoms with Crippen LogP contribution in [0.4, 0.5) is 5.69 Å². The molecule has 0 spiro atoms. The van der Waals surface area contributed by atoms with Crippen molar-refractivity contribution >= 4 is 17.5 Å². The second-order valence-corrected chi connectivity index (χ2v) is 7.63. The molecule has 0 bridgehead atoms. The molecule has 1 N–H and O–H groups in total. The Morgan fingerprint density at radius 3 is 2.86 bits per heavy atom. The minimum atomic E-state index is -0.220. The first kappa shape index (κ1) is 19.6. The number of methoxy groups -OCH3 is 1. The van der Waals surface area contributed by atoms with E-state index >= 15 is 0 Å². The number of benzene rings is 1. The number of carbonyl (C=O) groups excluding carboxylic acids is 2. The van der Waals surface area contributed by atoms with Gasteiger partial charge in [-0.3, -0.25) is 9.59 Å². The number of aromatic nitrogens is 2. The van der Waals surface area contributed by atoms with E-state index in [-0.39, 0.29) is 11.8 Å². The van der Waals surface area contributed by atoms with Crippen molar-refractivity contribution in [3.63, 3.8) is 0 Å². The lowest BCUT2D eigenvalue weighted by molar-refractivity contribution is 0.0932. The highest BCUT2D eigenvalue weighted by Crippen LogP contribution is 2.30. The maximum absolute atomic E-state index is 13.5. The van der Waals surface area contributed by atoms with Gasteiger partial charge in [0.1, 0.15) is 0 Å². The highest BCUT2D eigenvalue weighted by Gasteiger charge is 2.31. The summed E-state index contributed by atoms with van der Waals surface area (Å²) in [6.45, 7) is 2.53. The predicted octanol–water partition coefficient (Wildman–Crippen LogP) is 2.58. The van der Waals surface area contributed by atoms with Crippen molar-refractivity contribution < 1.29 is 14.3 Å². The number of nitrogens with one attached hydrogen (secondary N) is 1. The molecular formula is C22H28N4O3. The number of rotatable bonds is 6. The van der Waals surface area contributed by atoms with E-state index in [1.54, 1.807) is 7.11 Å². The quantitative estimate of drug-likeness (QED) is 0.762. The fourth-order valence-electron chi connectivity index (χ4n) is 4.26. The minimum absolute atomic E-state index is 0.0961. The van der Waals surface area contributed by atoms with Crippen LogP contribution in [0.25, 0.3) is 0 Å². The van der Waals surface area contributed by atoms with Crippen LogP contribution in [0.15, 0.2) is 24.3 Å². The number of para-hydroxylation sites is 1. The minimum Gasteiger partial charge on any atom is -0.385 e. The lowest BCUT2D eigenvalue weighted by Crippen LogP contribution is -2.36. The van der Waals surface area contributed by atoms with E-state index in [1.807, 2.05) is 27.7 Å². The van der Waals surface area contributed by atoms with E-state index in [2.05, 4.69) is 16.4 Å². The zero-order valence-electron chi connectivity index (χ0n) is 16.9. The van der Waals surface area contributed by atoms with Gasteiger partial charge in [-0.05, 0) is 50.2 Å². The third-order valence-corrected chi connectivity index (χ3v) is 5.69. The van der Waals surface area contributed by atoms with Crippen LogP contribution in [0, 0.1) is 0 Å². The molecule has 1 aromatic heterocycles. The Labute approximate surface area is 171 Å². The van der Waals surface area contributed by atoms with Gasteiger partial charge in [0, 0.05) is 39.0 Å². The van der Waals surface area contributed by atoms with Crippen LogP contribution in [0.1, 0.15) is 58.0 Å². The Balaban J connectivity index is 1.62. The molecule has 29 heavy (non-hydrogen) atoms. The first-order valence-electron chi connectivity index (χ1n) is 10.5. The standard InChI is InChI=1S/C22H28N4O3/c1-29-15-7-12-23-21(27)20-24-19(18-11-4-5-13-25(18)20)22(28)26-14-6-9-16-8-2-3-10-17(16)26/h2-3,8,10H,4-7,9,11-15H2,1H3,(H,23,27). The van der Waals surface area contributed by atoms with Gasteiger partial charge in [0.2, 0.25) is 0 Å². The van der Waals surface area contributed by atoms with Crippen molar-refractivity contribution in [3.05, 3.63) is 47.0 Å². The highest BCUT2D eigenvalue weighted by molar-refractivity contribution is 6.07. The molecule has 2 amide bonds. The Hall–Kier alpha value is -2.67. The molecule has 2 aromatic rings. The summed E-state index contributed by atoms with van der Waals surface area (Å²) in [5, 5.41) is 2.90. The Kier molecular flexibility index (Phi) is 5.94. The van der Waals surface area contributed by atoms with Crippen LogP contribution in [-0.4, -0.2) is 48.2 Å². The van der Waals surface area contributed by atoms with Crippen molar-refractivity contribution in [3.8, 4) is 0 Å². The molecule has 0 saturated carbocycles. The van der Waals surface area contributed by atoms with Gasteiger partial charge in [0.05, 0.1) is 5.69 Å². The van der Waals surface area contributed by atoms with Gasteiger partial charge in [0.15, 0.2) is 11.5 Å². The van der Waals surface area contributed by atoms with Gasteiger partial charge in [0.25, 0.3) is 11.8 Å². The molecule has 4 rings (SSSR count). The zero-order valence-corrected chi connectivity index (χ0v) is 16.9. The molecule has 0 radical (unpaired) electrons. The third kappa shape index (κ3) is 3.92. The van der Waals surface area contributed by atoms with Crippen LogP contribution in [0.3, 0.4) is 0 Å². The number of imidazole rings is 1. The number of hydrogen-bond acceptors (Lipinski definition) is 4. The Morgan fingerprint density at radius 2 is 2.00 bits per heavy atom. The number of hydrogen-bond donors (Lipinski definition) is 1. The average Bonchev–Trinajstić information content (AvgIpc) is 3.15. The summed E-state index contributed by atoms with van der Waals surface area (Å²) in [4.78, 5) is 32.6. The first-order chi connectivity index (χ1) is 14.2. The fourth-order valence-corrected chi connectivity index (χ4v) is 4.26. The van der Waals surface area contributed by atoms with Crippen molar-refractivity contribution in [2.24, 2.45) is 0 Å². The maximum Gasteiger partial charge on any atom is 0.287 e. The first-order valence-corrected chi connectivity index (χ1v) is 10.5. The number of fused-ring (bicyclic) bond motifs is 2. The van der Waals surface area contributed by atoms with Crippen LogP contribution >= 0.6 is 0 Å². The zero-order chi connectivity index (χ0) is 20.2. The summed E-state index contributed by atoms with van der Waals surface area (Å²) in [6, 6.07) is 8.05. The van der Waals surface area contributed by atoms with Gasteiger partial charge < -0.3 is 19.5 Å². The maximum atomic E-state index is 13.5. The number of anilines is 1. The van der Waals surface area contributed by atoms with Gasteiger partial charge in [-0.2, -0.15) is 0 Å². The molecule has 0 saturated heterocycles. The predicted molar refractivity (Wildman–Crippen MR) is 110 cm³/mol. The lowest BCUT2D eigenvalue weighted by atomic mass is 10.0. The number of carbonyl (C=O) groups is 2. The van der Waals surface area contributed by atoms with E-state index in [9.17, 15) is 9.59 Å². The molecule has 2 aliphatic rings. The van der Waals surface area contributed by atoms with E-state index < -0.39 is 0 Å². The number of aryl methyl sites for hydroxylation is 1. The number of amides is 2. The summed E-state index contributed by atoms with van der Waals surface area (Å²) in [5.41, 5.74) is 3.48. The van der Waals surface area contributed by atoms with E-state index in [0.717, 1.165) is 56.5 Å². The van der Waals surface area contributed by atoms with Crippen LogP contribution in [-0.2, 0) is 24.1 Å². The summed E-state index contributed by atoms with van der Waals surface area (Å²) in [7, 11) is 1.64. The average molecular weight is 396 g/mol. The van der Waals surface area contributed by atoms with Gasteiger partial charge >= 0.3 is 0 Å².